The molecular weight excluding hydrogens is 363 g/mol. The Kier molecular flexibility index (Phi) is 5.61. The smallest absolute Gasteiger partial charge is 0.188 e. The van der Waals surface area contributed by atoms with Gasteiger partial charge in [-0.25, -0.2) is 9.97 Å². The molecule has 0 N–H and O–H groups in total. The van der Waals surface area contributed by atoms with Crippen molar-refractivity contribution in [1.82, 2.24) is 9.97 Å². The maximum absolute atomic E-state index is 6.20. The number of benzene rings is 2. The average Bonchev–Trinajstić information content (AvgIpc) is 2.61. The lowest BCUT2D eigenvalue weighted by Crippen LogP contribution is -1.91. The number of ether oxygens (including phenoxy) is 1. The van der Waals surface area contributed by atoms with Crippen LogP contribution in [0.1, 0.15) is 5.56 Å². The summed E-state index contributed by atoms with van der Waals surface area (Å²) in [5.74, 6) is 1.50. The molecule has 0 bridgehead atoms. The Balaban J connectivity index is 1.75. The number of hydrogen-bond donors (Lipinski definition) is 0. The lowest BCUT2D eigenvalue weighted by atomic mass is 10.1. The number of rotatable bonds is 5. The molecule has 6 heteroatoms. The number of halogens is 2. The summed E-state index contributed by atoms with van der Waals surface area (Å²) in [7, 11) is 1.65. The molecule has 0 atom stereocenters. The summed E-state index contributed by atoms with van der Waals surface area (Å²) in [6.07, 6.45) is 1.76. The second kappa shape index (κ2) is 7.88. The molecule has 0 spiro atoms. The SMILES string of the molecule is COc1ccc(-c2ccnc(SCc3ccc(Cl)cc3Cl)n2)cc1. The number of thioether (sulfide) groups is 1. The molecule has 0 fully saturated rings. The summed E-state index contributed by atoms with van der Waals surface area (Å²) in [5, 5.41) is 1.99. The van der Waals surface area contributed by atoms with Crippen molar-refractivity contribution in [3.05, 3.63) is 70.3 Å². The molecule has 24 heavy (non-hydrogen) atoms. The summed E-state index contributed by atoms with van der Waals surface area (Å²) in [6, 6.07) is 15.2. The third kappa shape index (κ3) is 4.20. The first-order valence-electron chi connectivity index (χ1n) is 7.20. The van der Waals surface area contributed by atoms with Crippen LogP contribution in [0.5, 0.6) is 5.75 Å². The van der Waals surface area contributed by atoms with Gasteiger partial charge in [0.25, 0.3) is 0 Å². The highest BCUT2D eigenvalue weighted by Gasteiger charge is 2.06. The zero-order valence-electron chi connectivity index (χ0n) is 12.9. The first kappa shape index (κ1) is 17.1. The molecule has 0 aliphatic heterocycles. The number of aromatic nitrogens is 2. The van der Waals surface area contributed by atoms with E-state index in [1.165, 1.54) is 11.8 Å². The van der Waals surface area contributed by atoms with Gasteiger partial charge in [-0.3, -0.25) is 0 Å². The fourth-order valence-electron chi connectivity index (χ4n) is 2.11. The first-order chi connectivity index (χ1) is 11.7. The minimum absolute atomic E-state index is 0.631. The zero-order chi connectivity index (χ0) is 16.9. The quantitative estimate of drug-likeness (QED) is 0.419. The van der Waals surface area contributed by atoms with Gasteiger partial charge in [0, 0.05) is 27.6 Å². The normalized spacial score (nSPS) is 10.6. The van der Waals surface area contributed by atoms with E-state index in [-0.39, 0.29) is 0 Å². The van der Waals surface area contributed by atoms with Crippen molar-refractivity contribution in [2.24, 2.45) is 0 Å². The number of nitrogens with zero attached hydrogens (tertiary/aromatic N) is 2. The molecule has 0 amide bonds. The van der Waals surface area contributed by atoms with Crippen molar-refractivity contribution in [3.63, 3.8) is 0 Å². The fourth-order valence-corrected chi connectivity index (χ4v) is 3.50. The molecule has 0 saturated heterocycles. The van der Waals surface area contributed by atoms with E-state index in [1.807, 2.05) is 42.5 Å². The topological polar surface area (TPSA) is 35.0 Å². The molecular formula is C18H14Cl2N2OS. The largest absolute Gasteiger partial charge is 0.497 e. The van der Waals surface area contributed by atoms with Crippen LogP contribution in [-0.2, 0) is 5.75 Å². The predicted octanol–water partition coefficient (Wildman–Crippen LogP) is 5.75. The molecule has 0 aliphatic carbocycles. The van der Waals surface area contributed by atoms with Crippen LogP contribution < -0.4 is 4.74 Å². The summed E-state index contributed by atoms with van der Waals surface area (Å²) in [6.45, 7) is 0. The van der Waals surface area contributed by atoms with Crippen LogP contribution in [-0.4, -0.2) is 17.1 Å². The van der Waals surface area contributed by atoms with Gasteiger partial charge < -0.3 is 4.74 Å². The summed E-state index contributed by atoms with van der Waals surface area (Å²) >= 11 is 13.7. The van der Waals surface area contributed by atoms with Gasteiger partial charge in [0.05, 0.1) is 12.8 Å². The van der Waals surface area contributed by atoms with E-state index in [1.54, 1.807) is 19.4 Å². The second-order valence-electron chi connectivity index (χ2n) is 4.98. The van der Waals surface area contributed by atoms with Gasteiger partial charge in [-0.1, -0.05) is 41.0 Å². The van der Waals surface area contributed by atoms with E-state index in [9.17, 15) is 0 Å². The Morgan fingerprint density at radius 1 is 1.04 bits per heavy atom. The van der Waals surface area contributed by atoms with E-state index < -0.39 is 0 Å². The Bertz CT molecular complexity index is 841. The summed E-state index contributed by atoms with van der Waals surface area (Å²) < 4.78 is 5.18. The molecule has 0 unspecified atom stereocenters. The van der Waals surface area contributed by atoms with Crippen molar-refractivity contribution < 1.29 is 4.74 Å². The van der Waals surface area contributed by atoms with Gasteiger partial charge in [0.1, 0.15) is 5.75 Å². The standard InChI is InChI=1S/C18H14Cl2N2OS/c1-23-15-6-3-12(4-7-15)17-8-9-21-18(22-17)24-11-13-2-5-14(19)10-16(13)20/h2-10H,11H2,1H3. The fraction of sp³-hybridized carbons (Fsp3) is 0.111. The monoisotopic (exact) mass is 376 g/mol. The molecule has 3 rings (SSSR count). The summed E-state index contributed by atoms with van der Waals surface area (Å²) in [4.78, 5) is 8.92. The van der Waals surface area contributed by atoms with Gasteiger partial charge in [0.15, 0.2) is 5.16 Å². The molecule has 2 aromatic carbocycles. The lowest BCUT2D eigenvalue weighted by molar-refractivity contribution is 0.415. The van der Waals surface area contributed by atoms with Crippen LogP contribution in [0.15, 0.2) is 59.9 Å². The van der Waals surface area contributed by atoms with Crippen molar-refractivity contribution in [2.75, 3.05) is 7.11 Å². The minimum Gasteiger partial charge on any atom is -0.497 e. The Morgan fingerprint density at radius 2 is 1.83 bits per heavy atom. The molecule has 1 heterocycles. The van der Waals surface area contributed by atoms with Gasteiger partial charge in [0.2, 0.25) is 0 Å². The summed E-state index contributed by atoms with van der Waals surface area (Å²) in [5.41, 5.74) is 2.89. The molecule has 3 nitrogen and oxygen atoms in total. The maximum atomic E-state index is 6.20. The van der Waals surface area contributed by atoms with Crippen molar-refractivity contribution in [2.45, 2.75) is 10.9 Å². The number of hydrogen-bond acceptors (Lipinski definition) is 4. The highest BCUT2D eigenvalue weighted by molar-refractivity contribution is 7.98. The molecule has 0 saturated carbocycles. The molecule has 122 valence electrons. The minimum atomic E-state index is 0.631. The van der Waals surface area contributed by atoms with Crippen LogP contribution in [0.2, 0.25) is 10.0 Å². The van der Waals surface area contributed by atoms with Crippen LogP contribution >= 0.6 is 35.0 Å². The van der Waals surface area contributed by atoms with Crippen molar-refractivity contribution in [1.29, 1.82) is 0 Å². The van der Waals surface area contributed by atoms with E-state index >= 15 is 0 Å². The van der Waals surface area contributed by atoms with Crippen LogP contribution in [0.4, 0.5) is 0 Å². The molecule has 0 radical (unpaired) electrons. The van der Waals surface area contributed by atoms with E-state index in [4.69, 9.17) is 27.9 Å². The Hall–Kier alpha value is -1.75. The highest BCUT2D eigenvalue weighted by Crippen LogP contribution is 2.28. The van der Waals surface area contributed by atoms with Crippen molar-refractivity contribution >= 4 is 35.0 Å². The van der Waals surface area contributed by atoms with Crippen LogP contribution in [0.3, 0.4) is 0 Å². The van der Waals surface area contributed by atoms with Crippen LogP contribution in [0, 0.1) is 0 Å². The van der Waals surface area contributed by atoms with Gasteiger partial charge >= 0.3 is 0 Å². The third-order valence-electron chi connectivity index (χ3n) is 3.39. The van der Waals surface area contributed by atoms with E-state index in [2.05, 4.69) is 9.97 Å². The Morgan fingerprint density at radius 3 is 2.54 bits per heavy atom. The van der Waals surface area contributed by atoms with Gasteiger partial charge in [-0.15, -0.1) is 0 Å². The predicted molar refractivity (Wildman–Crippen MR) is 100 cm³/mol. The second-order valence-corrected chi connectivity index (χ2v) is 6.76. The van der Waals surface area contributed by atoms with E-state index in [0.717, 1.165) is 22.6 Å². The number of methoxy groups -OCH3 is 1. The highest BCUT2D eigenvalue weighted by atomic mass is 35.5. The lowest BCUT2D eigenvalue weighted by Gasteiger charge is -2.06. The van der Waals surface area contributed by atoms with Crippen molar-refractivity contribution in [3.8, 4) is 17.0 Å². The first-order valence-corrected chi connectivity index (χ1v) is 8.94. The zero-order valence-corrected chi connectivity index (χ0v) is 15.2. The molecule has 1 aromatic heterocycles. The molecule has 3 aromatic rings. The van der Waals surface area contributed by atoms with Crippen LogP contribution in [0.25, 0.3) is 11.3 Å². The maximum Gasteiger partial charge on any atom is 0.188 e. The molecule has 0 aliphatic rings. The Labute approximate surface area is 155 Å². The van der Waals surface area contributed by atoms with Gasteiger partial charge in [-0.2, -0.15) is 0 Å². The average molecular weight is 377 g/mol. The third-order valence-corrected chi connectivity index (χ3v) is 4.89. The van der Waals surface area contributed by atoms with Gasteiger partial charge in [-0.05, 0) is 48.0 Å². The van der Waals surface area contributed by atoms with E-state index in [0.29, 0.717) is 21.0 Å².